The lowest BCUT2D eigenvalue weighted by Gasteiger charge is -2.38. The van der Waals surface area contributed by atoms with Crippen LogP contribution in [0.3, 0.4) is 0 Å². The van der Waals surface area contributed by atoms with Gasteiger partial charge in [0.05, 0.1) is 17.1 Å². The number of piperidine rings is 1. The van der Waals surface area contributed by atoms with Gasteiger partial charge in [0, 0.05) is 24.3 Å². The van der Waals surface area contributed by atoms with E-state index in [-0.39, 0.29) is 24.5 Å². The molecule has 1 saturated heterocycles. The van der Waals surface area contributed by atoms with E-state index in [4.69, 9.17) is 16.9 Å². The van der Waals surface area contributed by atoms with Crippen molar-refractivity contribution in [2.75, 3.05) is 31.6 Å². The highest BCUT2D eigenvalue weighted by Gasteiger charge is 2.30. The van der Waals surface area contributed by atoms with Crippen molar-refractivity contribution in [3.63, 3.8) is 0 Å². The van der Waals surface area contributed by atoms with Crippen LogP contribution in [0.5, 0.6) is 0 Å². The van der Waals surface area contributed by atoms with Gasteiger partial charge in [0.2, 0.25) is 5.91 Å². The van der Waals surface area contributed by atoms with Crippen LogP contribution in [0.4, 0.5) is 5.69 Å². The Hall–Kier alpha value is -1.61. The summed E-state index contributed by atoms with van der Waals surface area (Å²) in [5, 5.41) is 21.4. The number of anilines is 1. The number of nitriles is 1. The summed E-state index contributed by atoms with van der Waals surface area (Å²) in [6, 6.07) is 6.80. The first kappa shape index (κ1) is 16.8. The molecule has 1 fully saturated rings. The van der Waals surface area contributed by atoms with Crippen LogP contribution in [0, 0.1) is 16.7 Å². The van der Waals surface area contributed by atoms with Crippen LogP contribution in [0.25, 0.3) is 0 Å². The number of benzene rings is 1. The fourth-order valence-corrected chi connectivity index (χ4v) is 3.00. The van der Waals surface area contributed by atoms with Crippen molar-refractivity contribution < 1.29 is 9.90 Å². The number of likely N-dealkylation sites (tertiary alicyclic amines) is 1. The van der Waals surface area contributed by atoms with E-state index in [1.807, 2.05) is 13.0 Å². The quantitative estimate of drug-likeness (QED) is 0.891. The van der Waals surface area contributed by atoms with Crippen LogP contribution < -0.4 is 5.32 Å². The molecule has 0 saturated carbocycles. The highest BCUT2D eigenvalue weighted by molar-refractivity contribution is 6.32. The topological polar surface area (TPSA) is 76.4 Å². The van der Waals surface area contributed by atoms with Gasteiger partial charge in [0.25, 0.3) is 0 Å². The number of carbonyl (C=O) groups is 1. The minimum Gasteiger partial charge on any atom is -0.396 e. The maximum Gasteiger partial charge on any atom is 0.238 e. The number of halogens is 1. The highest BCUT2D eigenvalue weighted by Crippen LogP contribution is 2.28. The summed E-state index contributed by atoms with van der Waals surface area (Å²) in [5.74, 6) is -0.122. The van der Waals surface area contributed by atoms with E-state index in [0.717, 1.165) is 19.4 Å². The molecule has 22 heavy (non-hydrogen) atoms. The summed E-state index contributed by atoms with van der Waals surface area (Å²) in [7, 11) is 0. The minimum atomic E-state index is -0.129. The second-order valence-corrected chi connectivity index (χ2v) is 6.54. The standard InChI is InChI=1S/C16H20ClN3O2/c1-16(11-21)5-2-6-20(10-16)9-15(22)19-13-4-3-12(8-18)14(17)7-13/h3-4,7,21H,2,5-6,9-11H2,1H3,(H,19,22). The average molecular weight is 322 g/mol. The molecule has 5 nitrogen and oxygen atoms in total. The fourth-order valence-electron chi connectivity index (χ4n) is 2.78. The summed E-state index contributed by atoms with van der Waals surface area (Å²) < 4.78 is 0. The zero-order chi connectivity index (χ0) is 16.2. The third-order valence-electron chi connectivity index (χ3n) is 3.98. The Morgan fingerprint density at radius 2 is 2.36 bits per heavy atom. The van der Waals surface area contributed by atoms with Crippen molar-refractivity contribution in [1.82, 2.24) is 4.90 Å². The van der Waals surface area contributed by atoms with Crippen molar-refractivity contribution >= 4 is 23.2 Å². The second kappa shape index (κ2) is 7.10. The van der Waals surface area contributed by atoms with Gasteiger partial charge in [-0.3, -0.25) is 9.69 Å². The molecular weight excluding hydrogens is 302 g/mol. The number of aliphatic hydroxyl groups excluding tert-OH is 1. The zero-order valence-electron chi connectivity index (χ0n) is 12.6. The van der Waals surface area contributed by atoms with Crippen LogP contribution in [0.15, 0.2) is 18.2 Å². The molecule has 0 aliphatic carbocycles. The molecule has 1 aromatic carbocycles. The third kappa shape index (κ3) is 4.20. The summed E-state index contributed by atoms with van der Waals surface area (Å²) in [6.45, 7) is 4.03. The Bertz CT molecular complexity index is 600. The molecule has 1 heterocycles. The van der Waals surface area contributed by atoms with Crippen molar-refractivity contribution in [1.29, 1.82) is 5.26 Å². The number of hydrogen-bond donors (Lipinski definition) is 2. The van der Waals surface area contributed by atoms with Gasteiger partial charge in [-0.05, 0) is 37.6 Å². The van der Waals surface area contributed by atoms with Crippen LogP contribution in [-0.2, 0) is 4.79 Å². The Morgan fingerprint density at radius 1 is 1.59 bits per heavy atom. The predicted octanol–water partition coefficient (Wildman–Crippen LogP) is 2.24. The van der Waals surface area contributed by atoms with E-state index in [0.29, 0.717) is 22.8 Å². The van der Waals surface area contributed by atoms with Crippen molar-refractivity contribution in [3.8, 4) is 6.07 Å². The number of aliphatic hydroxyl groups is 1. The van der Waals surface area contributed by atoms with E-state index < -0.39 is 0 Å². The summed E-state index contributed by atoms with van der Waals surface area (Å²) >= 11 is 5.95. The molecule has 0 aromatic heterocycles. The Labute approximate surface area is 135 Å². The summed E-state index contributed by atoms with van der Waals surface area (Å²) in [5.41, 5.74) is 0.835. The van der Waals surface area contributed by atoms with Crippen LogP contribution in [0.2, 0.25) is 5.02 Å². The van der Waals surface area contributed by atoms with E-state index >= 15 is 0 Å². The molecule has 1 aromatic rings. The van der Waals surface area contributed by atoms with Gasteiger partial charge < -0.3 is 10.4 Å². The predicted molar refractivity (Wildman–Crippen MR) is 85.7 cm³/mol. The molecule has 0 bridgehead atoms. The molecule has 0 radical (unpaired) electrons. The molecular formula is C16H20ClN3O2. The number of hydrogen-bond acceptors (Lipinski definition) is 4. The van der Waals surface area contributed by atoms with E-state index in [2.05, 4.69) is 10.2 Å². The molecule has 1 amide bonds. The Morgan fingerprint density at radius 3 is 3.00 bits per heavy atom. The van der Waals surface area contributed by atoms with Crippen molar-refractivity contribution in [2.24, 2.45) is 5.41 Å². The first-order valence-corrected chi connectivity index (χ1v) is 7.66. The Balaban J connectivity index is 1.93. The van der Waals surface area contributed by atoms with Gasteiger partial charge in [-0.25, -0.2) is 0 Å². The summed E-state index contributed by atoms with van der Waals surface area (Å²) in [4.78, 5) is 14.2. The smallest absolute Gasteiger partial charge is 0.238 e. The maximum atomic E-state index is 12.1. The average Bonchev–Trinajstić information content (AvgIpc) is 2.47. The molecule has 1 atom stereocenters. The van der Waals surface area contributed by atoms with Crippen molar-refractivity contribution in [2.45, 2.75) is 19.8 Å². The van der Waals surface area contributed by atoms with E-state index in [9.17, 15) is 9.90 Å². The number of carbonyl (C=O) groups excluding carboxylic acids is 1. The second-order valence-electron chi connectivity index (χ2n) is 6.14. The third-order valence-corrected chi connectivity index (χ3v) is 4.29. The zero-order valence-corrected chi connectivity index (χ0v) is 13.4. The number of nitrogens with one attached hydrogen (secondary N) is 1. The van der Waals surface area contributed by atoms with Crippen LogP contribution in [0.1, 0.15) is 25.3 Å². The number of amides is 1. The summed E-state index contributed by atoms with van der Waals surface area (Å²) in [6.07, 6.45) is 1.96. The normalized spacial score (nSPS) is 22.1. The first-order chi connectivity index (χ1) is 10.5. The number of nitrogens with zero attached hydrogens (tertiary/aromatic N) is 2. The van der Waals surface area contributed by atoms with Gasteiger partial charge in [-0.1, -0.05) is 18.5 Å². The molecule has 1 aliphatic heterocycles. The lowest BCUT2D eigenvalue weighted by atomic mass is 9.83. The molecule has 1 unspecified atom stereocenters. The SMILES string of the molecule is CC1(CO)CCCN(CC(=O)Nc2ccc(C#N)c(Cl)c2)C1. The van der Waals surface area contributed by atoms with Gasteiger partial charge in [-0.15, -0.1) is 0 Å². The maximum absolute atomic E-state index is 12.1. The van der Waals surface area contributed by atoms with Gasteiger partial charge in [0.15, 0.2) is 0 Å². The molecule has 1 aliphatic rings. The van der Waals surface area contributed by atoms with Crippen LogP contribution in [-0.4, -0.2) is 42.2 Å². The van der Waals surface area contributed by atoms with Gasteiger partial charge in [-0.2, -0.15) is 5.26 Å². The molecule has 118 valence electrons. The molecule has 2 rings (SSSR count). The first-order valence-electron chi connectivity index (χ1n) is 7.28. The van der Waals surface area contributed by atoms with E-state index in [1.165, 1.54) is 0 Å². The lowest BCUT2D eigenvalue weighted by molar-refractivity contribution is -0.118. The van der Waals surface area contributed by atoms with Crippen molar-refractivity contribution in [3.05, 3.63) is 28.8 Å². The lowest BCUT2D eigenvalue weighted by Crippen LogP contribution is -2.46. The minimum absolute atomic E-state index is 0.122. The fraction of sp³-hybridized carbons (Fsp3) is 0.500. The molecule has 2 N–H and O–H groups in total. The Kier molecular flexibility index (Phi) is 5.41. The molecule has 6 heteroatoms. The monoisotopic (exact) mass is 321 g/mol. The highest BCUT2D eigenvalue weighted by atomic mass is 35.5. The van der Waals surface area contributed by atoms with Gasteiger partial charge >= 0.3 is 0 Å². The van der Waals surface area contributed by atoms with Crippen LogP contribution >= 0.6 is 11.6 Å². The largest absolute Gasteiger partial charge is 0.396 e. The van der Waals surface area contributed by atoms with Gasteiger partial charge in [0.1, 0.15) is 6.07 Å². The van der Waals surface area contributed by atoms with E-state index in [1.54, 1.807) is 18.2 Å². The number of rotatable bonds is 4. The molecule has 0 spiro atoms.